The molecule has 0 unspecified atom stereocenters. The number of hydrogen-bond acceptors (Lipinski definition) is 4. The van der Waals surface area contributed by atoms with Gasteiger partial charge >= 0.3 is 0 Å². The lowest BCUT2D eigenvalue weighted by molar-refractivity contribution is 0.0849. The zero-order valence-corrected chi connectivity index (χ0v) is 17.0. The largest absolute Gasteiger partial charge is 0.380 e. The molecule has 0 saturated carbocycles. The highest BCUT2D eigenvalue weighted by Crippen LogP contribution is 2.30. The summed E-state index contributed by atoms with van der Waals surface area (Å²) in [6.07, 6.45) is 0.975. The monoisotopic (exact) mass is 382 g/mol. The number of thioether (sulfide) groups is 1. The number of para-hydroxylation sites is 1. The minimum atomic E-state index is 0.00643. The van der Waals surface area contributed by atoms with E-state index >= 15 is 0 Å². The average molecular weight is 383 g/mol. The zero-order valence-electron chi connectivity index (χ0n) is 16.1. The summed E-state index contributed by atoms with van der Waals surface area (Å²) in [6, 6.07) is 15.8. The molecule has 27 heavy (non-hydrogen) atoms. The Morgan fingerprint density at radius 2 is 1.93 bits per heavy atom. The molecule has 0 atom stereocenters. The van der Waals surface area contributed by atoms with Crippen LogP contribution < -0.4 is 0 Å². The SMILES string of the molecule is COCc1ccc(C(=O)N2CCCSC2=Nc2ccccc2C(C)C)cc1. The van der Waals surface area contributed by atoms with Crippen molar-refractivity contribution < 1.29 is 9.53 Å². The highest BCUT2D eigenvalue weighted by molar-refractivity contribution is 8.13. The molecule has 0 aromatic heterocycles. The van der Waals surface area contributed by atoms with Crippen molar-refractivity contribution in [3.8, 4) is 0 Å². The van der Waals surface area contributed by atoms with Crippen LogP contribution in [0.25, 0.3) is 0 Å². The fourth-order valence-electron chi connectivity index (χ4n) is 3.09. The molecule has 1 aliphatic rings. The second-order valence-electron chi connectivity index (χ2n) is 6.90. The van der Waals surface area contributed by atoms with Gasteiger partial charge in [0.15, 0.2) is 5.17 Å². The number of amidine groups is 1. The first kappa shape index (κ1) is 19.6. The molecule has 0 radical (unpaired) electrons. The predicted octanol–water partition coefficient (Wildman–Crippen LogP) is 5.22. The van der Waals surface area contributed by atoms with Gasteiger partial charge in [-0.25, -0.2) is 4.99 Å². The third kappa shape index (κ3) is 4.79. The van der Waals surface area contributed by atoms with E-state index in [9.17, 15) is 4.79 Å². The molecular formula is C22H26N2O2S. The van der Waals surface area contributed by atoms with Gasteiger partial charge in [-0.1, -0.05) is 55.9 Å². The standard InChI is InChI=1S/C22H26N2O2S/c1-16(2)19-7-4-5-8-20(19)23-22-24(13-6-14-27-22)21(25)18-11-9-17(10-12-18)15-26-3/h4-5,7-12,16H,6,13-15H2,1-3H3. The Balaban J connectivity index is 1.88. The van der Waals surface area contributed by atoms with Gasteiger partial charge in [0, 0.05) is 25.0 Å². The molecule has 1 aliphatic heterocycles. The Bertz CT molecular complexity index is 815. The van der Waals surface area contributed by atoms with Crippen molar-refractivity contribution in [1.29, 1.82) is 0 Å². The fraction of sp³-hybridized carbons (Fsp3) is 0.364. The molecule has 1 amide bonds. The maximum absolute atomic E-state index is 13.1. The molecule has 1 saturated heterocycles. The summed E-state index contributed by atoms with van der Waals surface area (Å²) in [6.45, 7) is 5.58. The lowest BCUT2D eigenvalue weighted by Gasteiger charge is -2.28. The van der Waals surface area contributed by atoms with E-state index in [2.05, 4.69) is 19.9 Å². The summed E-state index contributed by atoms with van der Waals surface area (Å²) >= 11 is 1.66. The van der Waals surface area contributed by atoms with Gasteiger partial charge in [0.25, 0.3) is 5.91 Å². The first-order chi connectivity index (χ1) is 13.1. The molecule has 0 aliphatic carbocycles. The topological polar surface area (TPSA) is 41.9 Å². The van der Waals surface area contributed by atoms with E-state index in [0.717, 1.165) is 28.6 Å². The molecule has 0 N–H and O–H groups in total. The quantitative estimate of drug-likeness (QED) is 0.712. The normalized spacial score (nSPS) is 16.1. The van der Waals surface area contributed by atoms with Gasteiger partial charge in [-0.05, 0) is 41.7 Å². The van der Waals surface area contributed by atoms with E-state index in [0.29, 0.717) is 24.6 Å². The third-order valence-corrected chi connectivity index (χ3v) is 5.58. The van der Waals surface area contributed by atoms with E-state index in [1.165, 1.54) is 5.56 Å². The van der Waals surface area contributed by atoms with Gasteiger partial charge in [0.05, 0.1) is 12.3 Å². The van der Waals surface area contributed by atoms with Gasteiger partial charge in [-0.2, -0.15) is 0 Å². The highest BCUT2D eigenvalue weighted by Gasteiger charge is 2.25. The second kappa shape index (κ2) is 9.20. The number of ether oxygens (including phenoxy) is 1. The number of nitrogens with zero attached hydrogens (tertiary/aromatic N) is 2. The minimum absolute atomic E-state index is 0.00643. The molecule has 5 heteroatoms. The Morgan fingerprint density at radius 1 is 1.19 bits per heavy atom. The van der Waals surface area contributed by atoms with E-state index in [-0.39, 0.29) is 5.91 Å². The van der Waals surface area contributed by atoms with Gasteiger partial charge in [0.2, 0.25) is 0 Å². The van der Waals surface area contributed by atoms with Crippen LogP contribution >= 0.6 is 11.8 Å². The maximum atomic E-state index is 13.1. The molecule has 2 aromatic carbocycles. The van der Waals surface area contributed by atoms with Crippen molar-refractivity contribution in [2.75, 3.05) is 19.4 Å². The molecule has 3 rings (SSSR count). The summed E-state index contributed by atoms with van der Waals surface area (Å²) in [5.74, 6) is 1.38. The third-order valence-electron chi connectivity index (χ3n) is 4.52. The van der Waals surface area contributed by atoms with Crippen molar-refractivity contribution in [2.45, 2.75) is 32.8 Å². The summed E-state index contributed by atoms with van der Waals surface area (Å²) in [5.41, 5.74) is 3.89. The molecule has 2 aromatic rings. The van der Waals surface area contributed by atoms with Gasteiger partial charge < -0.3 is 4.74 Å². The molecule has 142 valence electrons. The van der Waals surface area contributed by atoms with E-state index in [4.69, 9.17) is 9.73 Å². The summed E-state index contributed by atoms with van der Waals surface area (Å²) < 4.78 is 5.14. The van der Waals surface area contributed by atoms with E-state index < -0.39 is 0 Å². The summed E-state index contributed by atoms with van der Waals surface area (Å²) in [4.78, 5) is 19.8. The Morgan fingerprint density at radius 3 is 2.63 bits per heavy atom. The molecule has 0 bridgehead atoms. The number of rotatable bonds is 5. The number of aliphatic imine (C=N–C) groups is 1. The zero-order chi connectivity index (χ0) is 19.2. The van der Waals surface area contributed by atoms with Gasteiger partial charge in [-0.3, -0.25) is 9.69 Å². The van der Waals surface area contributed by atoms with Crippen LogP contribution in [0.5, 0.6) is 0 Å². The van der Waals surface area contributed by atoms with E-state index in [1.54, 1.807) is 18.9 Å². The van der Waals surface area contributed by atoms with Crippen LogP contribution in [0, 0.1) is 0 Å². The first-order valence-electron chi connectivity index (χ1n) is 9.30. The number of carbonyl (C=O) groups excluding carboxylic acids is 1. The summed E-state index contributed by atoms with van der Waals surface area (Å²) in [5, 5.41) is 0.792. The lowest BCUT2D eigenvalue weighted by atomic mass is 10.0. The number of methoxy groups -OCH3 is 1. The van der Waals surface area contributed by atoms with Crippen molar-refractivity contribution in [3.05, 3.63) is 65.2 Å². The van der Waals surface area contributed by atoms with Gasteiger partial charge in [0.1, 0.15) is 0 Å². The smallest absolute Gasteiger partial charge is 0.259 e. The van der Waals surface area contributed by atoms with Crippen LogP contribution in [-0.4, -0.2) is 35.4 Å². The van der Waals surface area contributed by atoms with Crippen LogP contribution in [0.3, 0.4) is 0 Å². The van der Waals surface area contributed by atoms with Crippen molar-refractivity contribution in [3.63, 3.8) is 0 Å². The van der Waals surface area contributed by atoms with Crippen LogP contribution in [0.15, 0.2) is 53.5 Å². The lowest BCUT2D eigenvalue weighted by Crippen LogP contribution is -2.39. The molecule has 1 heterocycles. The van der Waals surface area contributed by atoms with Crippen molar-refractivity contribution in [2.24, 2.45) is 4.99 Å². The number of amides is 1. The average Bonchev–Trinajstić information content (AvgIpc) is 2.69. The Labute approximate surface area is 165 Å². The van der Waals surface area contributed by atoms with Crippen LogP contribution in [0.1, 0.15) is 47.7 Å². The molecular weight excluding hydrogens is 356 g/mol. The van der Waals surface area contributed by atoms with Gasteiger partial charge in [-0.15, -0.1) is 0 Å². The maximum Gasteiger partial charge on any atom is 0.259 e. The van der Waals surface area contributed by atoms with Crippen molar-refractivity contribution in [1.82, 2.24) is 4.90 Å². The predicted molar refractivity (Wildman–Crippen MR) is 113 cm³/mol. The Hall–Kier alpha value is -2.11. The molecule has 0 spiro atoms. The van der Waals surface area contributed by atoms with Crippen LogP contribution in [-0.2, 0) is 11.3 Å². The number of benzene rings is 2. The van der Waals surface area contributed by atoms with Crippen LogP contribution in [0.4, 0.5) is 5.69 Å². The second-order valence-corrected chi connectivity index (χ2v) is 7.96. The molecule has 1 fully saturated rings. The first-order valence-corrected chi connectivity index (χ1v) is 10.3. The summed E-state index contributed by atoms with van der Waals surface area (Å²) in [7, 11) is 1.67. The minimum Gasteiger partial charge on any atom is -0.380 e. The van der Waals surface area contributed by atoms with Crippen molar-refractivity contribution >= 4 is 28.5 Å². The Kier molecular flexibility index (Phi) is 6.69. The molecule has 4 nitrogen and oxygen atoms in total. The number of carbonyl (C=O) groups is 1. The van der Waals surface area contributed by atoms with E-state index in [1.807, 2.05) is 47.4 Å². The van der Waals surface area contributed by atoms with Crippen LogP contribution in [0.2, 0.25) is 0 Å². The highest BCUT2D eigenvalue weighted by atomic mass is 32.2. The fourth-order valence-corrected chi connectivity index (χ4v) is 4.04. The number of hydrogen-bond donors (Lipinski definition) is 0.